The third kappa shape index (κ3) is 12.1. The lowest BCUT2D eigenvalue weighted by Gasteiger charge is -2.03. The number of aliphatic carboxylic acids is 1. The minimum atomic E-state index is -0.883. The van der Waals surface area contributed by atoms with Crippen LogP contribution in [-0.2, 0) is 4.79 Å². The van der Waals surface area contributed by atoms with Gasteiger partial charge in [0.15, 0.2) is 0 Å². The molecule has 0 atom stereocenters. The van der Waals surface area contributed by atoms with Crippen molar-refractivity contribution in [3.63, 3.8) is 0 Å². The summed E-state index contributed by atoms with van der Waals surface area (Å²) in [5, 5.41) is 11.9. The fourth-order valence-corrected chi connectivity index (χ4v) is 1.97. The van der Waals surface area contributed by atoms with E-state index in [1.165, 1.54) is 0 Å². The zero-order valence-electron chi connectivity index (χ0n) is 17.1. The summed E-state index contributed by atoms with van der Waals surface area (Å²) in [6.07, 6.45) is 22.5. The molecule has 0 spiro atoms. The molecule has 0 saturated carbocycles. The first-order chi connectivity index (χ1) is 13.3. The van der Waals surface area contributed by atoms with E-state index in [2.05, 4.69) is 25.1 Å². The molecule has 0 fully saturated rings. The lowest BCUT2D eigenvalue weighted by Crippen LogP contribution is -2.02. The average molecular weight is 378 g/mol. The van der Waals surface area contributed by atoms with Gasteiger partial charge < -0.3 is 10.4 Å². The van der Waals surface area contributed by atoms with Crippen molar-refractivity contribution in [2.75, 3.05) is 0 Å². The van der Waals surface area contributed by atoms with Crippen LogP contribution in [0.5, 0.6) is 0 Å². The van der Waals surface area contributed by atoms with Crippen molar-refractivity contribution in [1.82, 2.24) is 5.32 Å². The molecule has 0 amide bonds. The molecule has 0 saturated heterocycles. The molecule has 0 bridgehead atoms. The number of carbonyl (C=O) groups is 1. The summed E-state index contributed by atoms with van der Waals surface area (Å²) in [7, 11) is 0. The highest BCUT2D eigenvalue weighted by molar-refractivity contribution is 5.71. The van der Waals surface area contributed by atoms with Gasteiger partial charge in [-0.05, 0) is 43.6 Å². The van der Waals surface area contributed by atoms with Crippen LogP contribution in [-0.4, -0.2) is 11.1 Å². The lowest BCUT2D eigenvalue weighted by molar-refractivity contribution is -0.136. The fraction of sp³-hybridized carbons (Fsp3) is 0.160. The monoisotopic (exact) mass is 377 g/mol. The number of allylic oxidation sites excluding steroid dienone is 14. The summed E-state index contributed by atoms with van der Waals surface area (Å²) in [6, 6.07) is 0. The molecule has 0 aromatic rings. The predicted molar refractivity (Wildman–Crippen MR) is 122 cm³/mol. The molecule has 0 aromatic carbocycles. The Kier molecular flexibility index (Phi) is 13.0. The fourth-order valence-electron chi connectivity index (χ4n) is 1.97. The predicted octanol–water partition coefficient (Wildman–Crippen LogP) is 6.33. The maximum absolute atomic E-state index is 10.8. The first-order valence-electron chi connectivity index (χ1n) is 8.95. The second-order valence-corrected chi connectivity index (χ2v) is 6.11. The van der Waals surface area contributed by atoms with Crippen molar-refractivity contribution >= 4 is 5.97 Å². The van der Waals surface area contributed by atoms with Crippen LogP contribution < -0.4 is 5.32 Å². The van der Waals surface area contributed by atoms with Crippen LogP contribution in [0.4, 0.5) is 0 Å². The third-order valence-corrected chi connectivity index (χ3v) is 3.60. The smallest absolute Gasteiger partial charge is 0.307 e. The molecule has 3 nitrogen and oxygen atoms in total. The first kappa shape index (κ1) is 24.7. The highest BCUT2D eigenvalue weighted by Gasteiger charge is 2.03. The Labute approximate surface area is 169 Å². The van der Waals surface area contributed by atoms with Gasteiger partial charge in [0.2, 0.25) is 0 Å². The molecule has 0 radical (unpaired) electrons. The zero-order chi connectivity index (χ0) is 21.4. The molecular formula is C25H31NO2. The van der Waals surface area contributed by atoms with Crippen molar-refractivity contribution in [1.29, 1.82) is 0 Å². The van der Waals surface area contributed by atoms with Gasteiger partial charge in [-0.1, -0.05) is 85.6 Å². The van der Waals surface area contributed by atoms with E-state index in [0.717, 1.165) is 22.3 Å². The first-order valence-corrected chi connectivity index (χ1v) is 8.95. The third-order valence-electron chi connectivity index (χ3n) is 3.60. The molecule has 0 aliphatic heterocycles. The number of hydrogen-bond acceptors (Lipinski definition) is 2. The van der Waals surface area contributed by atoms with E-state index in [9.17, 15) is 4.79 Å². The number of hydrogen-bond donors (Lipinski definition) is 2. The molecule has 0 unspecified atom stereocenters. The quantitative estimate of drug-likeness (QED) is 0.391. The molecule has 3 heteroatoms. The number of rotatable bonds is 12. The highest BCUT2D eigenvalue weighted by Crippen LogP contribution is 2.12. The van der Waals surface area contributed by atoms with Gasteiger partial charge in [-0.15, -0.1) is 0 Å². The van der Waals surface area contributed by atoms with Gasteiger partial charge in [-0.3, -0.25) is 4.79 Å². The minimum Gasteiger partial charge on any atom is -0.481 e. The normalized spacial score (nSPS) is 14.1. The molecule has 0 rings (SSSR count). The van der Waals surface area contributed by atoms with Crippen molar-refractivity contribution < 1.29 is 9.90 Å². The summed E-state index contributed by atoms with van der Waals surface area (Å²) in [4.78, 5) is 10.8. The molecular weight excluding hydrogens is 346 g/mol. The lowest BCUT2D eigenvalue weighted by atomic mass is 10.1. The number of nitrogens with one attached hydrogen (secondary N) is 1. The Morgan fingerprint density at radius 2 is 1.71 bits per heavy atom. The van der Waals surface area contributed by atoms with Crippen molar-refractivity contribution in [3.8, 4) is 0 Å². The molecule has 2 N–H and O–H groups in total. The molecule has 0 heterocycles. The Morgan fingerprint density at radius 3 is 2.29 bits per heavy atom. The molecule has 0 aliphatic carbocycles. The van der Waals surface area contributed by atoms with Gasteiger partial charge in [0.25, 0.3) is 0 Å². The topological polar surface area (TPSA) is 49.3 Å². The molecule has 0 aromatic heterocycles. The van der Waals surface area contributed by atoms with Crippen LogP contribution in [0, 0.1) is 0 Å². The second-order valence-electron chi connectivity index (χ2n) is 6.11. The maximum Gasteiger partial charge on any atom is 0.307 e. The Morgan fingerprint density at radius 1 is 1.00 bits per heavy atom. The minimum absolute atomic E-state index is 0.0576. The van der Waals surface area contributed by atoms with Gasteiger partial charge in [0.05, 0.1) is 6.42 Å². The summed E-state index contributed by atoms with van der Waals surface area (Å²) >= 11 is 0. The van der Waals surface area contributed by atoms with Crippen LogP contribution in [0.25, 0.3) is 0 Å². The Bertz CT molecular complexity index is 781. The van der Waals surface area contributed by atoms with E-state index < -0.39 is 5.97 Å². The van der Waals surface area contributed by atoms with Crippen molar-refractivity contribution in [2.24, 2.45) is 0 Å². The van der Waals surface area contributed by atoms with Gasteiger partial charge >= 0.3 is 5.97 Å². The molecule has 28 heavy (non-hydrogen) atoms. The molecule has 0 aliphatic rings. The standard InChI is InChI=1S/C25H31NO2/c1-7-9-10-11-13-21(5)15-16-23(8-2)22(6)14-12-17-26-19-24(20(3)4)18-25(27)28/h7-17,19,26H,1-3,18H2,4-6H3,(H,27,28)/b10-9-,13-11+,17-12+,21-15+,22-14+,23-16+,24-19-. The van der Waals surface area contributed by atoms with Crippen LogP contribution in [0.3, 0.4) is 0 Å². The number of carboxylic acid groups (broad SMARTS) is 1. The van der Waals surface area contributed by atoms with Gasteiger partial charge in [0.1, 0.15) is 0 Å². The van der Waals surface area contributed by atoms with Gasteiger partial charge in [-0.25, -0.2) is 0 Å². The van der Waals surface area contributed by atoms with Crippen LogP contribution in [0.15, 0.2) is 121 Å². The Hall–Kier alpha value is -3.33. The summed E-state index contributed by atoms with van der Waals surface area (Å²) in [6.45, 7) is 17.1. The number of carboxylic acids is 1. The average Bonchev–Trinajstić information content (AvgIpc) is 2.64. The highest BCUT2D eigenvalue weighted by atomic mass is 16.4. The van der Waals surface area contributed by atoms with Gasteiger partial charge in [0, 0.05) is 12.4 Å². The van der Waals surface area contributed by atoms with E-state index in [1.807, 2.05) is 68.5 Å². The Balaban J connectivity index is 5.03. The summed E-state index contributed by atoms with van der Waals surface area (Å²) in [5.41, 5.74) is 4.57. The summed E-state index contributed by atoms with van der Waals surface area (Å²) < 4.78 is 0. The maximum atomic E-state index is 10.8. The van der Waals surface area contributed by atoms with E-state index in [1.54, 1.807) is 25.4 Å². The molecule has 148 valence electrons. The van der Waals surface area contributed by atoms with E-state index in [0.29, 0.717) is 5.57 Å². The largest absolute Gasteiger partial charge is 0.481 e. The van der Waals surface area contributed by atoms with Crippen LogP contribution in [0.2, 0.25) is 0 Å². The van der Waals surface area contributed by atoms with Crippen molar-refractivity contribution in [2.45, 2.75) is 27.2 Å². The summed E-state index contributed by atoms with van der Waals surface area (Å²) in [5.74, 6) is -0.883. The van der Waals surface area contributed by atoms with Gasteiger partial charge in [-0.2, -0.15) is 0 Å². The van der Waals surface area contributed by atoms with E-state index in [-0.39, 0.29) is 6.42 Å². The second kappa shape index (κ2) is 14.8. The van der Waals surface area contributed by atoms with Crippen LogP contribution in [0.1, 0.15) is 27.2 Å². The van der Waals surface area contributed by atoms with E-state index >= 15 is 0 Å². The van der Waals surface area contributed by atoms with E-state index in [4.69, 9.17) is 5.11 Å². The SMILES string of the molecule is C=C\C=C/C=C/C(C)=C/C=C(C=C)/C(C)=C/C=C/N/C=C(/CC(=O)O)C(=C)C. The zero-order valence-corrected chi connectivity index (χ0v) is 17.1. The van der Waals surface area contributed by atoms with Crippen LogP contribution >= 0.6 is 0 Å². The van der Waals surface area contributed by atoms with Crippen molar-refractivity contribution in [3.05, 3.63) is 121 Å².